The number of nitrogens with one attached hydrogen (secondary N) is 1. The van der Waals surface area contributed by atoms with Gasteiger partial charge in [0, 0.05) is 35.6 Å². The van der Waals surface area contributed by atoms with E-state index in [9.17, 15) is 4.79 Å². The van der Waals surface area contributed by atoms with Crippen LogP contribution in [0, 0.1) is 3.57 Å². The van der Waals surface area contributed by atoms with E-state index in [2.05, 4.69) is 57.2 Å². The number of rotatable bonds is 6. The van der Waals surface area contributed by atoms with Gasteiger partial charge < -0.3 is 10.2 Å². The minimum absolute atomic E-state index is 0.191. The monoisotopic (exact) mass is 435 g/mol. The molecule has 2 aromatic rings. The van der Waals surface area contributed by atoms with Crippen LogP contribution in [0.1, 0.15) is 24.0 Å². The number of likely N-dealkylation sites (tertiary alicyclic amines) is 1. The molecular formula is C19H22IN3O. The summed E-state index contributed by atoms with van der Waals surface area (Å²) < 4.78 is 1.21. The molecule has 4 nitrogen and oxygen atoms in total. The Labute approximate surface area is 156 Å². The van der Waals surface area contributed by atoms with Gasteiger partial charge in [-0.3, -0.25) is 9.78 Å². The number of amides is 1. The molecule has 0 spiro atoms. The van der Waals surface area contributed by atoms with Gasteiger partial charge in [0.2, 0.25) is 5.91 Å². The third kappa shape index (κ3) is 4.77. The zero-order valence-electron chi connectivity index (χ0n) is 13.6. The number of benzene rings is 1. The molecule has 0 saturated carbocycles. The van der Waals surface area contributed by atoms with Crippen LogP contribution in [0.5, 0.6) is 0 Å². The average molecular weight is 435 g/mol. The molecule has 126 valence electrons. The van der Waals surface area contributed by atoms with E-state index in [1.165, 1.54) is 9.13 Å². The van der Waals surface area contributed by atoms with Crippen molar-refractivity contribution in [2.45, 2.75) is 31.8 Å². The summed E-state index contributed by atoms with van der Waals surface area (Å²) >= 11 is 2.32. The zero-order chi connectivity index (χ0) is 16.8. The van der Waals surface area contributed by atoms with Crippen molar-refractivity contribution in [2.24, 2.45) is 0 Å². The number of hydrogen-bond donors (Lipinski definition) is 1. The SMILES string of the molecule is O=C(C(Cc1ccncc1)NCc1cccc(I)c1)N1CCCC1. The predicted molar refractivity (Wildman–Crippen MR) is 104 cm³/mol. The fraction of sp³-hybridized carbons (Fsp3) is 0.368. The highest BCUT2D eigenvalue weighted by molar-refractivity contribution is 14.1. The lowest BCUT2D eigenvalue weighted by Crippen LogP contribution is -2.46. The van der Waals surface area contributed by atoms with Crippen LogP contribution in [0.2, 0.25) is 0 Å². The Hall–Kier alpha value is -1.47. The summed E-state index contributed by atoms with van der Waals surface area (Å²) in [5.74, 6) is 0.218. The second kappa shape index (κ2) is 8.58. The van der Waals surface area contributed by atoms with Crippen molar-refractivity contribution < 1.29 is 4.79 Å². The molecule has 1 aromatic carbocycles. The van der Waals surface area contributed by atoms with Crippen LogP contribution in [0.4, 0.5) is 0 Å². The molecule has 0 aliphatic carbocycles. The minimum Gasteiger partial charge on any atom is -0.341 e. The Balaban J connectivity index is 1.69. The fourth-order valence-electron chi connectivity index (χ4n) is 3.05. The van der Waals surface area contributed by atoms with Gasteiger partial charge in [-0.1, -0.05) is 12.1 Å². The normalized spacial score (nSPS) is 15.5. The van der Waals surface area contributed by atoms with Crippen molar-refractivity contribution >= 4 is 28.5 Å². The van der Waals surface area contributed by atoms with Gasteiger partial charge in [-0.2, -0.15) is 0 Å². The molecule has 3 rings (SSSR count). The van der Waals surface area contributed by atoms with Crippen LogP contribution in [-0.2, 0) is 17.8 Å². The summed E-state index contributed by atoms with van der Waals surface area (Å²) in [5, 5.41) is 3.47. The van der Waals surface area contributed by atoms with E-state index in [4.69, 9.17) is 0 Å². The number of aromatic nitrogens is 1. The van der Waals surface area contributed by atoms with E-state index >= 15 is 0 Å². The van der Waals surface area contributed by atoms with Crippen LogP contribution in [-0.4, -0.2) is 34.9 Å². The lowest BCUT2D eigenvalue weighted by molar-refractivity contribution is -0.132. The summed E-state index contributed by atoms with van der Waals surface area (Å²) in [7, 11) is 0. The molecule has 1 fully saturated rings. The van der Waals surface area contributed by atoms with E-state index in [1.807, 2.05) is 17.0 Å². The van der Waals surface area contributed by atoms with Gasteiger partial charge in [0.05, 0.1) is 6.04 Å². The van der Waals surface area contributed by atoms with Gasteiger partial charge in [0.1, 0.15) is 0 Å². The topological polar surface area (TPSA) is 45.2 Å². The molecule has 1 atom stereocenters. The first kappa shape index (κ1) is 17.4. The Bertz CT molecular complexity index is 671. The van der Waals surface area contributed by atoms with Gasteiger partial charge in [-0.25, -0.2) is 0 Å². The van der Waals surface area contributed by atoms with E-state index in [-0.39, 0.29) is 11.9 Å². The van der Waals surface area contributed by atoms with Crippen LogP contribution < -0.4 is 5.32 Å². The molecule has 1 aliphatic rings. The quantitative estimate of drug-likeness (QED) is 0.710. The molecule has 1 unspecified atom stereocenters. The van der Waals surface area contributed by atoms with Crippen molar-refractivity contribution in [1.82, 2.24) is 15.2 Å². The Morgan fingerprint density at radius 1 is 1.17 bits per heavy atom. The first-order valence-electron chi connectivity index (χ1n) is 8.38. The first-order valence-corrected chi connectivity index (χ1v) is 9.46. The standard InChI is InChI=1S/C19H22IN3O/c20-17-5-3-4-16(12-17)14-22-18(13-15-6-8-21-9-7-15)19(24)23-10-1-2-11-23/h3-9,12,18,22H,1-2,10-11,13-14H2. The van der Waals surface area contributed by atoms with Crippen LogP contribution in [0.3, 0.4) is 0 Å². The molecule has 1 N–H and O–H groups in total. The number of hydrogen-bond acceptors (Lipinski definition) is 3. The van der Waals surface area contributed by atoms with Crippen LogP contribution >= 0.6 is 22.6 Å². The third-order valence-electron chi connectivity index (χ3n) is 4.35. The summed E-state index contributed by atoms with van der Waals surface area (Å²) in [4.78, 5) is 18.9. The van der Waals surface area contributed by atoms with Crippen molar-refractivity contribution in [2.75, 3.05) is 13.1 Å². The first-order chi connectivity index (χ1) is 11.7. The molecule has 1 amide bonds. The number of halogens is 1. The van der Waals surface area contributed by atoms with Gasteiger partial charge in [-0.05, 0) is 77.2 Å². The largest absolute Gasteiger partial charge is 0.341 e. The molecule has 24 heavy (non-hydrogen) atoms. The van der Waals surface area contributed by atoms with Crippen molar-refractivity contribution in [3.05, 3.63) is 63.5 Å². The molecule has 2 heterocycles. The summed E-state index contributed by atoms with van der Waals surface area (Å²) in [6.45, 7) is 2.47. The number of carbonyl (C=O) groups is 1. The zero-order valence-corrected chi connectivity index (χ0v) is 15.8. The van der Waals surface area contributed by atoms with E-state index < -0.39 is 0 Å². The van der Waals surface area contributed by atoms with Crippen molar-refractivity contribution in [3.63, 3.8) is 0 Å². The Morgan fingerprint density at radius 2 is 1.92 bits per heavy atom. The highest BCUT2D eigenvalue weighted by Crippen LogP contribution is 2.13. The maximum Gasteiger partial charge on any atom is 0.240 e. The molecule has 0 bridgehead atoms. The number of pyridine rings is 1. The van der Waals surface area contributed by atoms with Gasteiger partial charge in [0.15, 0.2) is 0 Å². The Morgan fingerprint density at radius 3 is 2.62 bits per heavy atom. The lowest BCUT2D eigenvalue weighted by Gasteiger charge is -2.24. The minimum atomic E-state index is -0.191. The number of nitrogens with zero attached hydrogens (tertiary/aromatic N) is 2. The highest BCUT2D eigenvalue weighted by Gasteiger charge is 2.26. The highest BCUT2D eigenvalue weighted by atomic mass is 127. The van der Waals surface area contributed by atoms with Gasteiger partial charge in [-0.15, -0.1) is 0 Å². The molecular weight excluding hydrogens is 413 g/mol. The van der Waals surface area contributed by atoms with E-state index in [0.717, 1.165) is 31.5 Å². The van der Waals surface area contributed by atoms with Gasteiger partial charge >= 0.3 is 0 Å². The van der Waals surface area contributed by atoms with Crippen molar-refractivity contribution in [3.8, 4) is 0 Å². The average Bonchev–Trinajstić information content (AvgIpc) is 3.13. The van der Waals surface area contributed by atoms with Crippen LogP contribution in [0.25, 0.3) is 0 Å². The maximum absolute atomic E-state index is 12.9. The predicted octanol–water partition coefficient (Wildman–Crippen LogP) is 3.01. The molecule has 1 saturated heterocycles. The molecule has 0 radical (unpaired) electrons. The van der Waals surface area contributed by atoms with Crippen LogP contribution in [0.15, 0.2) is 48.8 Å². The smallest absolute Gasteiger partial charge is 0.240 e. The second-order valence-corrected chi connectivity index (χ2v) is 7.40. The van der Waals surface area contributed by atoms with E-state index in [1.54, 1.807) is 12.4 Å². The lowest BCUT2D eigenvalue weighted by atomic mass is 10.1. The molecule has 1 aromatic heterocycles. The molecule has 5 heteroatoms. The summed E-state index contributed by atoms with van der Waals surface area (Å²) in [6, 6.07) is 12.2. The molecule has 1 aliphatic heterocycles. The fourth-order valence-corrected chi connectivity index (χ4v) is 3.65. The Kier molecular flexibility index (Phi) is 6.20. The maximum atomic E-state index is 12.9. The van der Waals surface area contributed by atoms with E-state index in [0.29, 0.717) is 13.0 Å². The van der Waals surface area contributed by atoms with Crippen molar-refractivity contribution in [1.29, 1.82) is 0 Å². The summed E-state index contributed by atoms with van der Waals surface area (Å²) in [5.41, 5.74) is 2.34. The van der Waals surface area contributed by atoms with Gasteiger partial charge in [0.25, 0.3) is 0 Å². The summed E-state index contributed by atoms with van der Waals surface area (Å²) in [6.07, 6.45) is 6.50. The second-order valence-electron chi connectivity index (χ2n) is 6.16. The number of carbonyl (C=O) groups excluding carboxylic acids is 1. The third-order valence-corrected chi connectivity index (χ3v) is 5.02.